The number of aliphatic imine (C=N–C) groups is 1. The largest absolute Gasteiger partial charge is 0.375 e. The fourth-order valence-corrected chi connectivity index (χ4v) is 3.72. The van der Waals surface area contributed by atoms with Gasteiger partial charge in [0.1, 0.15) is 11.1 Å². The van der Waals surface area contributed by atoms with Gasteiger partial charge in [-0.1, -0.05) is 27.7 Å². The second-order valence-corrected chi connectivity index (χ2v) is 8.46. The molecule has 0 saturated carbocycles. The van der Waals surface area contributed by atoms with Crippen LogP contribution in [0.2, 0.25) is 0 Å². The third-order valence-electron chi connectivity index (χ3n) is 3.93. The van der Waals surface area contributed by atoms with E-state index in [1.807, 2.05) is 21.0 Å². The summed E-state index contributed by atoms with van der Waals surface area (Å²) in [4.78, 5) is 11.2. The Hall–Kier alpha value is -0.410. The monoisotopic (exact) mass is 482 g/mol. The van der Waals surface area contributed by atoms with Gasteiger partial charge in [-0.2, -0.15) is 0 Å². The molecule has 7 heteroatoms. The predicted octanol–water partition coefficient (Wildman–Crippen LogP) is 4.55. The van der Waals surface area contributed by atoms with Crippen molar-refractivity contribution in [3.63, 3.8) is 0 Å². The van der Waals surface area contributed by atoms with Crippen LogP contribution in [0.4, 0.5) is 0 Å². The molecule has 5 nitrogen and oxygen atoms in total. The molecule has 1 aromatic rings. The van der Waals surface area contributed by atoms with E-state index in [1.165, 1.54) is 6.42 Å². The Bertz CT molecular complexity index is 531. The van der Waals surface area contributed by atoms with Crippen molar-refractivity contribution >= 4 is 41.3 Å². The number of nitrogens with one attached hydrogen (secondary N) is 1. The van der Waals surface area contributed by atoms with Crippen LogP contribution < -0.4 is 5.32 Å². The first-order valence-electron chi connectivity index (χ1n) is 8.57. The molecule has 1 heterocycles. The van der Waals surface area contributed by atoms with Gasteiger partial charge in [-0.15, -0.1) is 35.3 Å². The van der Waals surface area contributed by atoms with Gasteiger partial charge < -0.3 is 15.0 Å². The molecule has 1 aromatic heterocycles. The number of hydrogen-bond donors (Lipinski definition) is 1. The molecule has 0 fully saturated rings. The average Bonchev–Trinajstić information content (AvgIpc) is 2.94. The van der Waals surface area contributed by atoms with Crippen LogP contribution >= 0.6 is 35.3 Å². The number of thiazole rings is 1. The Morgan fingerprint density at radius 3 is 2.56 bits per heavy atom. The Balaban J connectivity index is 0.00000576. The van der Waals surface area contributed by atoms with Gasteiger partial charge in [0.05, 0.1) is 12.2 Å². The van der Waals surface area contributed by atoms with Crippen molar-refractivity contribution in [2.24, 2.45) is 16.3 Å². The second kappa shape index (κ2) is 11.3. The molecule has 1 unspecified atom stereocenters. The molecule has 0 saturated heterocycles. The third-order valence-corrected chi connectivity index (χ3v) is 4.98. The zero-order valence-corrected chi connectivity index (χ0v) is 20.1. The number of halogens is 1. The maximum Gasteiger partial charge on any atom is 0.193 e. The van der Waals surface area contributed by atoms with Crippen LogP contribution in [0.3, 0.4) is 0 Å². The number of rotatable bonds is 8. The molecule has 0 aliphatic heterocycles. The highest BCUT2D eigenvalue weighted by Gasteiger charge is 2.21. The van der Waals surface area contributed by atoms with E-state index in [-0.39, 0.29) is 35.5 Å². The molecule has 1 rings (SSSR count). The first kappa shape index (κ1) is 24.6. The predicted molar refractivity (Wildman–Crippen MR) is 119 cm³/mol. The van der Waals surface area contributed by atoms with E-state index >= 15 is 0 Å². The molecule has 0 amide bonds. The standard InChI is InChI=1S/C18H34N4OS.HI/c1-13(2)9-18(4,5)12-20-17(19-6)22(7)10-15-11-24-16(21-15)14(3)23-8;/h11,13-14H,9-10,12H2,1-8H3,(H,19,20);1H. The van der Waals surface area contributed by atoms with Crippen molar-refractivity contribution in [3.8, 4) is 0 Å². The molecule has 0 spiro atoms. The summed E-state index contributed by atoms with van der Waals surface area (Å²) in [7, 11) is 5.58. The summed E-state index contributed by atoms with van der Waals surface area (Å²) >= 11 is 1.64. The van der Waals surface area contributed by atoms with Crippen LogP contribution in [0.1, 0.15) is 57.8 Å². The fraction of sp³-hybridized carbons (Fsp3) is 0.778. The number of ether oxygens (including phenoxy) is 1. The van der Waals surface area contributed by atoms with Gasteiger partial charge in [0.25, 0.3) is 0 Å². The summed E-state index contributed by atoms with van der Waals surface area (Å²) in [5.74, 6) is 1.60. The molecule has 1 N–H and O–H groups in total. The number of methoxy groups -OCH3 is 1. The quantitative estimate of drug-likeness (QED) is 0.336. The van der Waals surface area contributed by atoms with E-state index in [4.69, 9.17) is 4.74 Å². The summed E-state index contributed by atoms with van der Waals surface area (Å²) in [6, 6.07) is 0. The van der Waals surface area contributed by atoms with E-state index in [2.05, 4.69) is 53.3 Å². The second-order valence-electron chi connectivity index (χ2n) is 7.57. The van der Waals surface area contributed by atoms with Gasteiger partial charge >= 0.3 is 0 Å². The summed E-state index contributed by atoms with van der Waals surface area (Å²) in [6.45, 7) is 12.8. The van der Waals surface area contributed by atoms with Crippen molar-refractivity contribution < 1.29 is 4.74 Å². The van der Waals surface area contributed by atoms with Crippen LogP contribution in [-0.2, 0) is 11.3 Å². The number of hydrogen-bond acceptors (Lipinski definition) is 4. The van der Waals surface area contributed by atoms with Crippen LogP contribution in [0.15, 0.2) is 10.4 Å². The molecule has 0 aromatic carbocycles. The smallest absolute Gasteiger partial charge is 0.193 e. The van der Waals surface area contributed by atoms with Crippen LogP contribution in [0.5, 0.6) is 0 Å². The van der Waals surface area contributed by atoms with Gasteiger partial charge in [-0.3, -0.25) is 4.99 Å². The van der Waals surface area contributed by atoms with Gasteiger partial charge in [-0.25, -0.2) is 4.98 Å². The molecular formula is C18H35IN4OS. The molecule has 25 heavy (non-hydrogen) atoms. The van der Waals surface area contributed by atoms with Gasteiger partial charge in [-0.05, 0) is 24.7 Å². The lowest BCUT2D eigenvalue weighted by Gasteiger charge is -2.30. The summed E-state index contributed by atoms with van der Waals surface area (Å²) in [6.07, 6.45) is 1.23. The van der Waals surface area contributed by atoms with E-state index in [1.54, 1.807) is 18.4 Å². The zero-order valence-electron chi connectivity index (χ0n) is 16.9. The van der Waals surface area contributed by atoms with Gasteiger partial charge in [0.2, 0.25) is 0 Å². The lowest BCUT2D eigenvalue weighted by molar-refractivity contribution is 0.119. The number of nitrogens with zero attached hydrogens (tertiary/aromatic N) is 3. The molecular weight excluding hydrogens is 447 g/mol. The Kier molecular flexibility index (Phi) is 11.1. The highest BCUT2D eigenvalue weighted by Crippen LogP contribution is 2.24. The third kappa shape index (κ3) is 8.68. The van der Waals surface area contributed by atoms with Crippen molar-refractivity contribution in [1.82, 2.24) is 15.2 Å². The highest BCUT2D eigenvalue weighted by molar-refractivity contribution is 14.0. The van der Waals surface area contributed by atoms with Crippen molar-refractivity contribution in [3.05, 3.63) is 16.1 Å². The minimum absolute atomic E-state index is 0. The highest BCUT2D eigenvalue weighted by atomic mass is 127. The van der Waals surface area contributed by atoms with Crippen LogP contribution in [-0.4, -0.2) is 43.6 Å². The van der Waals surface area contributed by atoms with Crippen molar-refractivity contribution in [2.45, 2.75) is 53.7 Å². The summed E-state index contributed by atoms with van der Waals surface area (Å²) < 4.78 is 5.33. The van der Waals surface area contributed by atoms with Crippen LogP contribution in [0.25, 0.3) is 0 Å². The fourth-order valence-electron chi connectivity index (χ4n) is 2.88. The van der Waals surface area contributed by atoms with Crippen molar-refractivity contribution in [2.75, 3.05) is 27.7 Å². The molecule has 1 atom stereocenters. The number of guanidine groups is 1. The maximum absolute atomic E-state index is 5.33. The molecule has 0 radical (unpaired) electrons. The lowest BCUT2D eigenvalue weighted by atomic mass is 9.84. The minimum atomic E-state index is 0. The SMILES string of the molecule is CN=C(NCC(C)(C)CC(C)C)N(C)Cc1csc(C(C)OC)n1.I. The lowest BCUT2D eigenvalue weighted by Crippen LogP contribution is -2.43. The first-order chi connectivity index (χ1) is 11.2. The van der Waals surface area contributed by atoms with Crippen LogP contribution in [0, 0.1) is 11.3 Å². The summed E-state index contributed by atoms with van der Waals surface area (Å²) in [5, 5.41) is 6.61. The molecule has 146 valence electrons. The van der Waals surface area contributed by atoms with E-state index < -0.39 is 0 Å². The Morgan fingerprint density at radius 2 is 2.04 bits per heavy atom. The maximum atomic E-state index is 5.33. The van der Waals surface area contributed by atoms with Gasteiger partial charge in [0, 0.05) is 33.1 Å². The summed E-state index contributed by atoms with van der Waals surface area (Å²) in [5.41, 5.74) is 1.29. The van der Waals surface area contributed by atoms with E-state index in [0.29, 0.717) is 5.92 Å². The topological polar surface area (TPSA) is 49.8 Å². The number of aromatic nitrogens is 1. The molecule has 0 aliphatic rings. The van der Waals surface area contributed by atoms with Gasteiger partial charge in [0.15, 0.2) is 5.96 Å². The Labute approximate surface area is 174 Å². The first-order valence-corrected chi connectivity index (χ1v) is 9.45. The van der Waals surface area contributed by atoms with Crippen molar-refractivity contribution in [1.29, 1.82) is 0 Å². The molecule has 0 aliphatic carbocycles. The average molecular weight is 482 g/mol. The molecule has 0 bridgehead atoms. The Morgan fingerprint density at radius 1 is 1.40 bits per heavy atom. The van der Waals surface area contributed by atoms with E-state index in [0.717, 1.165) is 29.8 Å². The minimum Gasteiger partial charge on any atom is -0.375 e. The van der Waals surface area contributed by atoms with E-state index in [9.17, 15) is 0 Å². The zero-order chi connectivity index (χ0) is 18.3. The normalized spacial score (nSPS) is 13.6.